The summed E-state index contributed by atoms with van der Waals surface area (Å²) in [5.74, 6) is 1.97. The molecule has 3 nitrogen and oxygen atoms in total. The molecule has 1 aliphatic heterocycles. The molecular formula is C39H47ClF2N2O. The maximum absolute atomic E-state index is 14.1. The van der Waals surface area contributed by atoms with Gasteiger partial charge in [-0.25, -0.2) is 0 Å². The third-order valence-electron chi connectivity index (χ3n) is 9.39. The van der Waals surface area contributed by atoms with Crippen molar-refractivity contribution >= 4 is 28.8 Å². The van der Waals surface area contributed by atoms with Gasteiger partial charge in [0.15, 0.2) is 0 Å². The maximum atomic E-state index is 14.1. The van der Waals surface area contributed by atoms with Gasteiger partial charge < -0.3 is 4.90 Å². The molecule has 3 aromatic rings. The van der Waals surface area contributed by atoms with Gasteiger partial charge in [-0.2, -0.15) is 8.78 Å². The average molecular weight is 633 g/mol. The van der Waals surface area contributed by atoms with Crippen LogP contribution in [0.25, 0.3) is 5.57 Å². The Balaban J connectivity index is 0.000000580. The first-order valence-corrected chi connectivity index (χ1v) is 16.6. The number of alkyl halides is 2. The van der Waals surface area contributed by atoms with E-state index in [9.17, 15) is 13.6 Å². The van der Waals surface area contributed by atoms with Gasteiger partial charge in [0.1, 0.15) is 0 Å². The minimum Gasteiger partial charge on any atom is -0.339 e. The predicted octanol–water partition coefficient (Wildman–Crippen LogP) is 10.9. The number of halogens is 3. The van der Waals surface area contributed by atoms with Crippen molar-refractivity contribution in [2.75, 3.05) is 18.0 Å². The first-order valence-electron chi connectivity index (χ1n) is 16.2. The number of hydrogen-bond acceptors (Lipinski definition) is 2. The fourth-order valence-corrected chi connectivity index (χ4v) is 6.44. The maximum Gasteiger partial charge on any atom is 0.319 e. The third-order valence-corrected chi connectivity index (χ3v) is 9.63. The van der Waals surface area contributed by atoms with E-state index in [1.165, 1.54) is 19.3 Å². The molecule has 1 amide bonds. The molecule has 1 heterocycles. The highest BCUT2D eigenvalue weighted by atomic mass is 35.5. The molecule has 1 unspecified atom stereocenters. The Bertz CT molecular complexity index is 1500. The monoisotopic (exact) mass is 632 g/mol. The molecule has 0 spiro atoms. The average Bonchev–Trinajstić information content (AvgIpc) is 3.89. The number of carbonyl (C=O) groups is 1. The fraction of sp³-hybridized carbons (Fsp3) is 0.410. The van der Waals surface area contributed by atoms with E-state index in [1.807, 2.05) is 86.3 Å². The summed E-state index contributed by atoms with van der Waals surface area (Å²) in [6.07, 6.45) is 7.63. The van der Waals surface area contributed by atoms with Crippen LogP contribution in [0.5, 0.6) is 0 Å². The summed E-state index contributed by atoms with van der Waals surface area (Å²) < 4.78 is 28.1. The summed E-state index contributed by atoms with van der Waals surface area (Å²) in [5.41, 5.74) is 6.40. The number of amides is 1. The Morgan fingerprint density at radius 3 is 2.20 bits per heavy atom. The minimum atomic E-state index is -2.68. The van der Waals surface area contributed by atoms with E-state index in [-0.39, 0.29) is 11.8 Å². The second kappa shape index (κ2) is 15.7. The Hall–Kier alpha value is -3.44. The lowest BCUT2D eigenvalue weighted by atomic mass is 9.91. The Morgan fingerprint density at radius 2 is 1.67 bits per heavy atom. The second-order valence-corrected chi connectivity index (χ2v) is 12.9. The highest BCUT2D eigenvalue weighted by molar-refractivity contribution is 6.30. The zero-order valence-corrected chi connectivity index (χ0v) is 28.1. The van der Waals surface area contributed by atoms with Gasteiger partial charge in [-0.05, 0) is 116 Å². The van der Waals surface area contributed by atoms with Crippen LogP contribution in [0.15, 0.2) is 85.1 Å². The normalized spacial score (nSPS) is 16.2. The molecule has 1 saturated carbocycles. The molecule has 2 fully saturated rings. The van der Waals surface area contributed by atoms with Crippen LogP contribution < -0.4 is 4.90 Å². The lowest BCUT2D eigenvalue weighted by Crippen LogP contribution is -2.41. The number of allylic oxidation sites excluding steroid dienone is 2. The number of rotatable bonds is 9. The Labute approximate surface area is 273 Å². The van der Waals surface area contributed by atoms with Crippen LogP contribution in [0.4, 0.5) is 14.5 Å². The summed E-state index contributed by atoms with van der Waals surface area (Å²) in [6, 6.07) is 20.6. The van der Waals surface area contributed by atoms with Crippen LogP contribution in [0, 0.1) is 31.6 Å². The number of benzene rings is 3. The van der Waals surface area contributed by atoms with Gasteiger partial charge >= 0.3 is 6.55 Å². The molecule has 1 atom stereocenters. The van der Waals surface area contributed by atoms with Gasteiger partial charge in [0.05, 0.1) is 0 Å². The van der Waals surface area contributed by atoms with Crippen LogP contribution in [-0.2, 0) is 0 Å². The molecule has 0 bridgehead atoms. The molecule has 240 valence electrons. The molecule has 0 aromatic heterocycles. The predicted molar refractivity (Wildman–Crippen MR) is 185 cm³/mol. The summed E-state index contributed by atoms with van der Waals surface area (Å²) in [7, 11) is 0. The molecule has 1 saturated heterocycles. The number of aryl methyl sites for hydroxylation is 2. The van der Waals surface area contributed by atoms with Crippen molar-refractivity contribution in [3.8, 4) is 0 Å². The van der Waals surface area contributed by atoms with Crippen molar-refractivity contribution in [3.05, 3.63) is 118 Å². The standard InChI is InChI=1S/C32H33ClF2N2O.C7H14/c1-5-28(25-10-8-11-27(33)20-25)29-14-13-26(19-22(29)3)31(38)36-17-15-24(16-18-36)23(4)37(32(34)35)30-12-7-6-9-21(30)2;1-3-6(2)7-4-5-7/h5-14,19-20,24,32H,4,15-18H2,1-3H3;6-7H,3-5H2,1-2H3/b28-5-;. The van der Waals surface area contributed by atoms with E-state index in [4.69, 9.17) is 11.6 Å². The van der Waals surface area contributed by atoms with E-state index >= 15 is 0 Å². The Kier molecular flexibility index (Phi) is 12.0. The van der Waals surface area contributed by atoms with E-state index in [2.05, 4.69) is 20.4 Å². The quantitative estimate of drug-likeness (QED) is 0.219. The number of hydrogen-bond donors (Lipinski definition) is 0. The lowest BCUT2D eigenvalue weighted by molar-refractivity contribution is 0.0695. The van der Waals surface area contributed by atoms with Crippen molar-refractivity contribution in [2.45, 2.75) is 73.3 Å². The number of anilines is 1. The number of likely N-dealkylation sites (tertiary alicyclic amines) is 1. The third kappa shape index (κ3) is 8.64. The molecule has 3 aromatic carbocycles. The second-order valence-electron chi connectivity index (χ2n) is 12.5. The van der Waals surface area contributed by atoms with Crippen molar-refractivity contribution in [2.24, 2.45) is 17.8 Å². The smallest absolute Gasteiger partial charge is 0.319 e. The van der Waals surface area contributed by atoms with Crippen molar-refractivity contribution in [1.82, 2.24) is 4.90 Å². The molecule has 6 heteroatoms. The van der Waals surface area contributed by atoms with Gasteiger partial charge in [-0.3, -0.25) is 9.69 Å². The molecule has 0 N–H and O–H groups in total. The van der Waals surface area contributed by atoms with Gasteiger partial charge in [0.25, 0.3) is 5.91 Å². The highest BCUT2D eigenvalue weighted by Crippen LogP contribution is 2.38. The van der Waals surface area contributed by atoms with Crippen molar-refractivity contribution in [3.63, 3.8) is 0 Å². The number of carbonyl (C=O) groups excluding carboxylic acids is 1. The summed E-state index contributed by atoms with van der Waals surface area (Å²) in [6.45, 7) is 12.8. The zero-order valence-electron chi connectivity index (χ0n) is 27.3. The van der Waals surface area contributed by atoms with E-state index in [1.54, 1.807) is 12.1 Å². The van der Waals surface area contributed by atoms with Crippen LogP contribution in [0.2, 0.25) is 5.02 Å². The van der Waals surface area contributed by atoms with Crippen LogP contribution in [-0.4, -0.2) is 30.4 Å². The molecular weight excluding hydrogens is 586 g/mol. The molecule has 5 rings (SSSR count). The van der Waals surface area contributed by atoms with Crippen molar-refractivity contribution in [1.29, 1.82) is 0 Å². The summed E-state index contributed by atoms with van der Waals surface area (Å²) in [4.78, 5) is 16.2. The van der Waals surface area contributed by atoms with Crippen LogP contribution in [0.3, 0.4) is 0 Å². The first-order chi connectivity index (χ1) is 21.5. The summed E-state index contributed by atoms with van der Waals surface area (Å²) in [5, 5.41) is 0.674. The Morgan fingerprint density at radius 1 is 0.978 bits per heavy atom. The number of para-hydroxylation sites is 1. The first kappa shape index (κ1) is 34.4. The van der Waals surface area contributed by atoms with Gasteiger partial charge in [-0.1, -0.05) is 80.9 Å². The molecule has 1 aliphatic carbocycles. The fourth-order valence-electron chi connectivity index (χ4n) is 6.25. The van der Waals surface area contributed by atoms with E-state index in [0.29, 0.717) is 47.9 Å². The lowest BCUT2D eigenvalue weighted by Gasteiger charge is -2.37. The van der Waals surface area contributed by atoms with Crippen LogP contribution >= 0.6 is 11.6 Å². The summed E-state index contributed by atoms with van der Waals surface area (Å²) >= 11 is 6.20. The van der Waals surface area contributed by atoms with Gasteiger partial charge in [-0.15, -0.1) is 0 Å². The SMILES string of the molecule is C=C(C1CCN(C(=O)c2ccc(/C(=C\C)c3cccc(Cl)c3)c(C)c2)CC1)N(c1ccccc1C)C(F)F.CCC(C)C1CC1. The highest BCUT2D eigenvalue weighted by Gasteiger charge is 2.31. The topological polar surface area (TPSA) is 23.6 Å². The molecule has 45 heavy (non-hydrogen) atoms. The van der Waals surface area contributed by atoms with Crippen LogP contribution in [0.1, 0.15) is 85.5 Å². The molecule has 0 radical (unpaired) electrons. The van der Waals surface area contributed by atoms with Gasteiger partial charge in [0, 0.05) is 41.0 Å². The van der Waals surface area contributed by atoms with Crippen molar-refractivity contribution < 1.29 is 13.6 Å². The zero-order chi connectivity index (χ0) is 32.7. The minimum absolute atomic E-state index is 0.0434. The number of nitrogens with zero attached hydrogens (tertiary/aromatic N) is 2. The van der Waals surface area contributed by atoms with Gasteiger partial charge in [0.2, 0.25) is 0 Å². The molecule has 2 aliphatic rings. The van der Waals surface area contributed by atoms with E-state index < -0.39 is 6.55 Å². The largest absolute Gasteiger partial charge is 0.339 e. The van der Waals surface area contributed by atoms with E-state index in [0.717, 1.165) is 44.6 Å². The number of piperidine rings is 1.